The molecule has 1 heterocycles. The van der Waals surface area contributed by atoms with Crippen LogP contribution in [0.15, 0.2) is 12.1 Å². The molecule has 4 nitrogen and oxygen atoms in total. The third-order valence-electron chi connectivity index (χ3n) is 3.26. The molecule has 0 bridgehead atoms. The molecule has 0 N–H and O–H groups in total. The number of hydrogen-bond donors (Lipinski definition) is 0. The van der Waals surface area contributed by atoms with Gasteiger partial charge in [0.1, 0.15) is 11.5 Å². The average molecular weight is 251 g/mol. The van der Waals surface area contributed by atoms with E-state index in [1.807, 2.05) is 13.0 Å². The lowest BCUT2D eigenvalue weighted by Gasteiger charge is -2.27. The minimum Gasteiger partial charge on any atom is -0.497 e. The van der Waals surface area contributed by atoms with Crippen LogP contribution in [0.4, 0.5) is 0 Å². The molecule has 2 rings (SSSR count). The highest BCUT2D eigenvalue weighted by Gasteiger charge is 2.15. The predicted molar refractivity (Wildman–Crippen MR) is 70.4 cm³/mol. The molecular formula is C14H21NO3. The second kappa shape index (κ2) is 6.07. The van der Waals surface area contributed by atoms with Crippen molar-refractivity contribution in [2.24, 2.45) is 0 Å². The fourth-order valence-electron chi connectivity index (χ4n) is 2.34. The maximum atomic E-state index is 5.50. The summed E-state index contributed by atoms with van der Waals surface area (Å²) in [5, 5.41) is 0. The fourth-order valence-corrected chi connectivity index (χ4v) is 2.34. The molecule has 1 aromatic carbocycles. The van der Waals surface area contributed by atoms with Crippen LogP contribution in [0.2, 0.25) is 0 Å². The van der Waals surface area contributed by atoms with Crippen molar-refractivity contribution in [3.05, 3.63) is 23.3 Å². The second-order valence-electron chi connectivity index (χ2n) is 4.53. The van der Waals surface area contributed by atoms with Gasteiger partial charge >= 0.3 is 0 Å². The molecule has 1 aliphatic heterocycles. The van der Waals surface area contributed by atoms with Gasteiger partial charge in [-0.1, -0.05) is 0 Å². The summed E-state index contributed by atoms with van der Waals surface area (Å²) >= 11 is 0. The van der Waals surface area contributed by atoms with E-state index in [9.17, 15) is 0 Å². The van der Waals surface area contributed by atoms with Gasteiger partial charge in [0.2, 0.25) is 0 Å². The standard InChI is InChI=1S/C14H21NO3/c1-11-8-13(16-2)9-12(14(11)17-3)10-15-4-6-18-7-5-15/h8-9H,4-7,10H2,1-3H3. The van der Waals surface area contributed by atoms with Crippen molar-refractivity contribution in [3.8, 4) is 11.5 Å². The molecule has 0 spiro atoms. The third-order valence-corrected chi connectivity index (χ3v) is 3.26. The molecule has 100 valence electrons. The van der Waals surface area contributed by atoms with E-state index in [1.165, 1.54) is 5.56 Å². The van der Waals surface area contributed by atoms with Gasteiger partial charge < -0.3 is 14.2 Å². The largest absolute Gasteiger partial charge is 0.497 e. The van der Waals surface area contributed by atoms with Crippen LogP contribution in [0.5, 0.6) is 11.5 Å². The summed E-state index contributed by atoms with van der Waals surface area (Å²) in [4.78, 5) is 2.38. The topological polar surface area (TPSA) is 30.9 Å². The van der Waals surface area contributed by atoms with Crippen LogP contribution < -0.4 is 9.47 Å². The smallest absolute Gasteiger partial charge is 0.126 e. The molecular weight excluding hydrogens is 230 g/mol. The number of rotatable bonds is 4. The molecule has 1 fully saturated rings. The molecule has 0 amide bonds. The number of nitrogens with zero attached hydrogens (tertiary/aromatic N) is 1. The Hall–Kier alpha value is -1.26. The van der Waals surface area contributed by atoms with Gasteiger partial charge in [-0.2, -0.15) is 0 Å². The van der Waals surface area contributed by atoms with E-state index in [1.54, 1.807) is 14.2 Å². The normalized spacial score (nSPS) is 16.6. The van der Waals surface area contributed by atoms with Crippen LogP contribution >= 0.6 is 0 Å². The van der Waals surface area contributed by atoms with Crippen molar-refractivity contribution >= 4 is 0 Å². The number of methoxy groups -OCH3 is 2. The van der Waals surface area contributed by atoms with E-state index < -0.39 is 0 Å². The summed E-state index contributed by atoms with van der Waals surface area (Å²) in [5.74, 6) is 1.85. The van der Waals surface area contributed by atoms with Gasteiger partial charge in [-0.25, -0.2) is 0 Å². The minimum atomic E-state index is 0.811. The zero-order valence-corrected chi connectivity index (χ0v) is 11.4. The van der Waals surface area contributed by atoms with Crippen LogP contribution in [-0.4, -0.2) is 45.4 Å². The summed E-state index contributed by atoms with van der Waals surface area (Å²) in [6.07, 6.45) is 0. The number of morpholine rings is 1. The molecule has 1 saturated heterocycles. The summed E-state index contributed by atoms with van der Waals surface area (Å²) < 4.78 is 16.2. The van der Waals surface area contributed by atoms with Gasteiger partial charge in [0.15, 0.2) is 0 Å². The van der Waals surface area contributed by atoms with Gasteiger partial charge in [0, 0.05) is 25.2 Å². The van der Waals surface area contributed by atoms with Crippen LogP contribution in [0, 0.1) is 6.92 Å². The molecule has 1 aromatic rings. The SMILES string of the molecule is COc1cc(C)c(OC)c(CN2CCOCC2)c1. The summed E-state index contributed by atoms with van der Waals surface area (Å²) in [5.41, 5.74) is 2.29. The molecule has 18 heavy (non-hydrogen) atoms. The summed E-state index contributed by atoms with van der Waals surface area (Å²) in [6.45, 7) is 6.49. The lowest BCUT2D eigenvalue weighted by molar-refractivity contribution is 0.0338. The lowest BCUT2D eigenvalue weighted by Crippen LogP contribution is -2.35. The van der Waals surface area contributed by atoms with Crippen LogP contribution in [0.25, 0.3) is 0 Å². The Balaban J connectivity index is 2.20. The Morgan fingerprint density at radius 3 is 2.50 bits per heavy atom. The first-order valence-corrected chi connectivity index (χ1v) is 6.26. The first kappa shape index (κ1) is 13.2. The third kappa shape index (κ3) is 2.94. The zero-order valence-electron chi connectivity index (χ0n) is 11.4. The van der Waals surface area contributed by atoms with Crippen LogP contribution in [0.1, 0.15) is 11.1 Å². The highest BCUT2D eigenvalue weighted by atomic mass is 16.5. The average Bonchev–Trinajstić information content (AvgIpc) is 2.39. The van der Waals surface area contributed by atoms with Gasteiger partial charge in [-0.15, -0.1) is 0 Å². The van der Waals surface area contributed by atoms with E-state index >= 15 is 0 Å². The molecule has 0 aromatic heterocycles. The van der Waals surface area contributed by atoms with Crippen molar-refractivity contribution in [2.45, 2.75) is 13.5 Å². The van der Waals surface area contributed by atoms with Crippen molar-refractivity contribution < 1.29 is 14.2 Å². The van der Waals surface area contributed by atoms with Gasteiger partial charge in [-0.05, 0) is 24.6 Å². The van der Waals surface area contributed by atoms with Gasteiger partial charge in [0.05, 0.1) is 27.4 Å². The van der Waals surface area contributed by atoms with E-state index in [4.69, 9.17) is 14.2 Å². The maximum absolute atomic E-state index is 5.50. The number of aryl methyl sites for hydroxylation is 1. The highest BCUT2D eigenvalue weighted by Crippen LogP contribution is 2.29. The lowest BCUT2D eigenvalue weighted by atomic mass is 10.1. The highest BCUT2D eigenvalue weighted by molar-refractivity contribution is 5.46. The Morgan fingerprint density at radius 1 is 1.17 bits per heavy atom. The first-order valence-electron chi connectivity index (χ1n) is 6.26. The fraction of sp³-hybridized carbons (Fsp3) is 0.571. The molecule has 1 aliphatic rings. The number of benzene rings is 1. The van der Waals surface area contributed by atoms with Gasteiger partial charge in [-0.3, -0.25) is 4.90 Å². The van der Waals surface area contributed by atoms with Gasteiger partial charge in [0.25, 0.3) is 0 Å². The van der Waals surface area contributed by atoms with E-state index in [0.29, 0.717) is 0 Å². The summed E-state index contributed by atoms with van der Waals surface area (Å²) in [6, 6.07) is 4.06. The Bertz CT molecular complexity index is 400. The number of ether oxygens (including phenoxy) is 3. The minimum absolute atomic E-state index is 0.811. The van der Waals surface area contributed by atoms with Crippen molar-refractivity contribution in [3.63, 3.8) is 0 Å². The molecule has 0 unspecified atom stereocenters. The van der Waals surface area contributed by atoms with E-state index in [2.05, 4.69) is 11.0 Å². The van der Waals surface area contributed by atoms with E-state index in [0.717, 1.165) is 49.9 Å². The summed E-state index contributed by atoms with van der Waals surface area (Å²) in [7, 11) is 3.41. The predicted octanol–water partition coefficient (Wildman–Crippen LogP) is 1.84. The Morgan fingerprint density at radius 2 is 1.89 bits per heavy atom. The molecule has 0 atom stereocenters. The first-order chi connectivity index (χ1) is 8.74. The Labute approximate surface area is 108 Å². The molecule has 0 saturated carbocycles. The maximum Gasteiger partial charge on any atom is 0.126 e. The molecule has 0 radical (unpaired) electrons. The Kier molecular flexibility index (Phi) is 4.44. The zero-order chi connectivity index (χ0) is 13.0. The second-order valence-corrected chi connectivity index (χ2v) is 4.53. The molecule has 4 heteroatoms. The van der Waals surface area contributed by atoms with Crippen molar-refractivity contribution in [2.75, 3.05) is 40.5 Å². The monoisotopic (exact) mass is 251 g/mol. The van der Waals surface area contributed by atoms with E-state index in [-0.39, 0.29) is 0 Å². The van der Waals surface area contributed by atoms with Crippen LogP contribution in [-0.2, 0) is 11.3 Å². The van der Waals surface area contributed by atoms with Crippen molar-refractivity contribution in [1.29, 1.82) is 0 Å². The van der Waals surface area contributed by atoms with Crippen LogP contribution in [0.3, 0.4) is 0 Å². The van der Waals surface area contributed by atoms with Crippen molar-refractivity contribution in [1.82, 2.24) is 4.90 Å². The number of hydrogen-bond acceptors (Lipinski definition) is 4. The molecule has 0 aliphatic carbocycles. The quantitative estimate of drug-likeness (QED) is 0.817.